The number of benzene rings is 1. The van der Waals surface area contributed by atoms with Crippen molar-refractivity contribution in [3.63, 3.8) is 0 Å². The zero-order valence-electron chi connectivity index (χ0n) is 7.89. The van der Waals surface area contributed by atoms with E-state index in [1.165, 1.54) is 5.56 Å². The summed E-state index contributed by atoms with van der Waals surface area (Å²) in [4.78, 5) is 0. The van der Waals surface area contributed by atoms with Crippen LogP contribution in [0.15, 0.2) is 18.2 Å². The third-order valence-electron chi connectivity index (χ3n) is 2.06. The lowest BCUT2D eigenvalue weighted by Crippen LogP contribution is -1.95. The van der Waals surface area contributed by atoms with Crippen LogP contribution in [0.4, 0.5) is 5.69 Å². The van der Waals surface area contributed by atoms with E-state index in [0.717, 1.165) is 16.8 Å². The molecule has 0 amide bonds. The normalized spacial score (nSPS) is 10.9. The van der Waals surface area contributed by atoms with Gasteiger partial charge in [0.2, 0.25) is 0 Å². The molecule has 0 aliphatic carbocycles. The van der Waals surface area contributed by atoms with Crippen molar-refractivity contribution in [1.82, 2.24) is 0 Å². The Morgan fingerprint density at radius 3 is 2.33 bits per heavy atom. The number of hydrogen-bond acceptors (Lipinski definition) is 1. The smallest absolute Gasteiger partial charge is 0.0419 e. The third-order valence-corrected chi connectivity index (χ3v) is 2.06. The first-order valence-corrected chi connectivity index (χ1v) is 4.15. The van der Waals surface area contributed by atoms with Gasteiger partial charge in [0.1, 0.15) is 0 Å². The number of aryl methyl sites for hydroxylation is 2. The summed E-state index contributed by atoms with van der Waals surface area (Å²) in [5, 5.41) is 0. The number of nitrogen functional groups attached to an aromatic ring is 1. The lowest BCUT2D eigenvalue weighted by atomic mass is 10.0. The van der Waals surface area contributed by atoms with E-state index in [2.05, 4.69) is 25.1 Å². The molecule has 0 radical (unpaired) electrons. The molecule has 0 bridgehead atoms. The van der Waals surface area contributed by atoms with Crippen LogP contribution in [-0.4, -0.2) is 0 Å². The van der Waals surface area contributed by atoms with Gasteiger partial charge in [-0.15, -0.1) is 0 Å². The van der Waals surface area contributed by atoms with E-state index in [9.17, 15) is 0 Å². The Labute approximate surface area is 73.9 Å². The first-order chi connectivity index (χ1) is 5.66. The van der Waals surface area contributed by atoms with Crippen molar-refractivity contribution in [2.45, 2.75) is 20.8 Å². The maximum Gasteiger partial charge on any atom is 0.0419 e. The molecule has 0 aliphatic heterocycles. The lowest BCUT2D eigenvalue weighted by Gasteiger charge is -2.07. The average molecular weight is 161 g/mol. The summed E-state index contributed by atoms with van der Waals surface area (Å²) in [6.07, 6.45) is 4.07. The summed E-state index contributed by atoms with van der Waals surface area (Å²) in [6, 6.07) is 4.15. The highest BCUT2D eigenvalue weighted by Crippen LogP contribution is 2.21. The van der Waals surface area contributed by atoms with Crippen molar-refractivity contribution in [1.29, 1.82) is 0 Å². The van der Waals surface area contributed by atoms with E-state index >= 15 is 0 Å². The monoisotopic (exact) mass is 161 g/mol. The highest BCUT2D eigenvalue weighted by atomic mass is 14.6. The summed E-state index contributed by atoms with van der Waals surface area (Å²) >= 11 is 0. The highest BCUT2D eigenvalue weighted by Gasteiger charge is 2.01. The molecular formula is C11H15N. The molecule has 0 heterocycles. The van der Waals surface area contributed by atoms with Crippen LogP contribution in [0, 0.1) is 13.8 Å². The molecule has 0 aliphatic rings. The fraction of sp³-hybridized carbons (Fsp3) is 0.273. The fourth-order valence-electron chi connectivity index (χ4n) is 1.24. The maximum absolute atomic E-state index is 5.92. The Balaban J connectivity index is 3.32. The summed E-state index contributed by atoms with van der Waals surface area (Å²) in [5.41, 5.74) is 10.3. The van der Waals surface area contributed by atoms with E-state index < -0.39 is 0 Å². The second kappa shape index (κ2) is 3.44. The Morgan fingerprint density at radius 2 is 1.75 bits per heavy atom. The molecule has 0 aromatic heterocycles. The summed E-state index contributed by atoms with van der Waals surface area (Å²) < 4.78 is 0. The standard InChI is InChI=1S/C11H15N/c1-4-5-10-8(2)6-7-9(3)11(10)12/h4-7H,12H2,1-3H3/b5-4-. The SMILES string of the molecule is C/C=C\c1c(C)ccc(C)c1N. The summed E-state index contributed by atoms with van der Waals surface area (Å²) in [7, 11) is 0. The van der Waals surface area contributed by atoms with Gasteiger partial charge in [-0.3, -0.25) is 0 Å². The van der Waals surface area contributed by atoms with E-state index in [0.29, 0.717) is 0 Å². The molecule has 64 valence electrons. The van der Waals surface area contributed by atoms with E-state index in [-0.39, 0.29) is 0 Å². The van der Waals surface area contributed by atoms with Crippen LogP contribution in [0.5, 0.6) is 0 Å². The zero-order chi connectivity index (χ0) is 9.14. The Morgan fingerprint density at radius 1 is 1.17 bits per heavy atom. The number of allylic oxidation sites excluding steroid dienone is 1. The van der Waals surface area contributed by atoms with Crippen LogP contribution in [0.1, 0.15) is 23.6 Å². The molecule has 0 spiro atoms. The lowest BCUT2D eigenvalue weighted by molar-refractivity contribution is 1.38. The molecule has 1 aromatic carbocycles. The molecule has 1 heteroatoms. The molecule has 1 nitrogen and oxygen atoms in total. The van der Waals surface area contributed by atoms with Gasteiger partial charge < -0.3 is 5.73 Å². The van der Waals surface area contributed by atoms with Crippen LogP contribution in [0.3, 0.4) is 0 Å². The molecule has 0 saturated heterocycles. The maximum atomic E-state index is 5.92. The average Bonchev–Trinajstić information content (AvgIpc) is 2.06. The molecular weight excluding hydrogens is 146 g/mol. The number of rotatable bonds is 1. The Hall–Kier alpha value is -1.24. The quantitative estimate of drug-likeness (QED) is 0.630. The van der Waals surface area contributed by atoms with Crippen LogP contribution in [0.2, 0.25) is 0 Å². The molecule has 1 aromatic rings. The molecule has 0 atom stereocenters. The molecule has 12 heavy (non-hydrogen) atoms. The van der Waals surface area contributed by atoms with Gasteiger partial charge in [-0.1, -0.05) is 24.3 Å². The molecule has 0 unspecified atom stereocenters. The molecule has 1 rings (SSSR count). The van der Waals surface area contributed by atoms with Gasteiger partial charge in [-0.2, -0.15) is 0 Å². The van der Waals surface area contributed by atoms with Crippen LogP contribution >= 0.6 is 0 Å². The Bertz CT molecular complexity index is 311. The van der Waals surface area contributed by atoms with Crippen molar-refractivity contribution < 1.29 is 0 Å². The molecule has 2 N–H and O–H groups in total. The van der Waals surface area contributed by atoms with Crippen molar-refractivity contribution >= 4 is 11.8 Å². The number of anilines is 1. The van der Waals surface area contributed by atoms with Crippen molar-refractivity contribution in [3.05, 3.63) is 34.9 Å². The van der Waals surface area contributed by atoms with Gasteiger partial charge in [0, 0.05) is 11.3 Å². The van der Waals surface area contributed by atoms with Gasteiger partial charge >= 0.3 is 0 Å². The predicted molar refractivity (Wildman–Crippen MR) is 55.0 cm³/mol. The topological polar surface area (TPSA) is 26.0 Å². The minimum Gasteiger partial charge on any atom is -0.398 e. The van der Waals surface area contributed by atoms with Crippen molar-refractivity contribution in [2.24, 2.45) is 0 Å². The van der Waals surface area contributed by atoms with E-state index in [1.54, 1.807) is 0 Å². The van der Waals surface area contributed by atoms with Gasteiger partial charge in [-0.05, 0) is 31.9 Å². The predicted octanol–water partition coefficient (Wildman–Crippen LogP) is 2.92. The highest BCUT2D eigenvalue weighted by molar-refractivity contribution is 5.70. The summed E-state index contributed by atoms with van der Waals surface area (Å²) in [5.74, 6) is 0. The zero-order valence-corrected chi connectivity index (χ0v) is 7.89. The van der Waals surface area contributed by atoms with Crippen molar-refractivity contribution in [2.75, 3.05) is 5.73 Å². The minimum atomic E-state index is 0.896. The van der Waals surface area contributed by atoms with Gasteiger partial charge in [0.15, 0.2) is 0 Å². The first kappa shape index (κ1) is 8.85. The number of hydrogen-bond donors (Lipinski definition) is 1. The molecule has 0 fully saturated rings. The van der Waals surface area contributed by atoms with E-state index in [4.69, 9.17) is 5.73 Å². The van der Waals surface area contributed by atoms with Gasteiger partial charge in [-0.25, -0.2) is 0 Å². The van der Waals surface area contributed by atoms with Crippen LogP contribution in [0.25, 0.3) is 6.08 Å². The van der Waals surface area contributed by atoms with Crippen LogP contribution in [-0.2, 0) is 0 Å². The Kier molecular flexibility index (Phi) is 2.54. The second-order valence-corrected chi connectivity index (χ2v) is 3.03. The minimum absolute atomic E-state index is 0.896. The third kappa shape index (κ3) is 1.50. The molecule has 0 saturated carbocycles. The van der Waals surface area contributed by atoms with Gasteiger partial charge in [0.05, 0.1) is 0 Å². The largest absolute Gasteiger partial charge is 0.398 e. The van der Waals surface area contributed by atoms with E-state index in [1.807, 2.05) is 19.9 Å². The van der Waals surface area contributed by atoms with Crippen LogP contribution < -0.4 is 5.73 Å². The number of nitrogens with two attached hydrogens (primary N) is 1. The first-order valence-electron chi connectivity index (χ1n) is 4.15. The van der Waals surface area contributed by atoms with Crippen molar-refractivity contribution in [3.8, 4) is 0 Å². The fourth-order valence-corrected chi connectivity index (χ4v) is 1.24. The van der Waals surface area contributed by atoms with Gasteiger partial charge in [0.25, 0.3) is 0 Å². The second-order valence-electron chi connectivity index (χ2n) is 3.03. The summed E-state index contributed by atoms with van der Waals surface area (Å²) in [6.45, 7) is 6.11.